The molecule has 0 fully saturated rings. The average Bonchev–Trinajstić information content (AvgIpc) is 3.25. The van der Waals surface area contributed by atoms with Crippen molar-refractivity contribution in [2.24, 2.45) is 0 Å². The molecule has 1 aromatic heterocycles. The molecule has 0 amide bonds. The number of ether oxygens (including phenoxy) is 2. The van der Waals surface area contributed by atoms with Gasteiger partial charge in [-0.1, -0.05) is 42.3 Å². The number of hydrogen-bond donors (Lipinski definition) is 1. The second kappa shape index (κ2) is 11.6. The molecule has 1 heterocycles. The maximum absolute atomic E-state index is 11.1. The van der Waals surface area contributed by atoms with Gasteiger partial charge in [0, 0.05) is 21.2 Å². The van der Waals surface area contributed by atoms with E-state index in [0.29, 0.717) is 6.61 Å². The van der Waals surface area contributed by atoms with E-state index in [-0.39, 0.29) is 25.8 Å². The highest BCUT2D eigenvalue weighted by Gasteiger charge is 2.14. The van der Waals surface area contributed by atoms with Crippen molar-refractivity contribution < 1.29 is 19.4 Å². The lowest BCUT2D eigenvalue weighted by Crippen LogP contribution is -2.04. The third-order valence-electron chi connectivity index (χ3n) is 5.42. The van der Waals surface area contributed by atoms with Crippen molar-refractivity contribution in [2.45, 2.75) is 25.9 Å². The molecule has 4 aromatic rings. The van der Waals surface area contributed by atoms with Crippen LogP contribution in [0.15, 0.2) is 72.1 Å². The van der Waals surface area contributed by atoms with Gasteiger partial charge in [-0.15, -0.1) is 17.3 Å². The molecule has 0 bridgehead atoms. The van der Waals surface area contributed by atoms with E-state index in [1.807, 2.05) is 42.5 Å². The number of methoxy groups -OCH3 is 1. The highest BCUT2D eigenvalue weighted by atomic mass is 32.1. The highest BCUT2D eigenvalue weighted by molar-refractivity contribution is 7.59. The summed E-state index contributed by atoms with van der Waals surface area (Å²) in [7, 11) is 1.69. The summed E-state index contributed by atoms with van der Waals surface area (Å²) in [5, 5.41) is 12.5. The molecule has 0 saturated carbocycles. The first-order valence-corrected chi connectivity index (χ1v) is 11.5. The lowest BCUT2D eigenvalue weighted by molar-refractivity contribution is -0.137. The zero-order valence-corrected chi connectivity index (χ0v) is 20.8. The second-order valence-electron chi connectivity index (χ2n) is 7.58. The zero-order valence-electron chi connectivity index (χ0n) is 19.0. The van der Waals surface area contributed by atoms with Gasteiger partial charge >= 0.3 is 5.97 Å². The monoisotopic (exact) mass is 490 g/mol. The van der Waals surface area contributed by atoms with Crippen LogP contribution in [-0.4, -0.2) is 18.2 Å². The van der Waals surface area contributed by atoms with Crippen molar-refractivity contribution in [2.75, 3.05) is 7.11 Å². The Balaban J connectivity index is 0.00000324. The molecule has 0 unspecified atom stereocenters. The lowest BCUT2D eigenvalue weighted by Gasteiger charge is -2.11. The standard InChI is InChI=1S/C28H24O4S.H2S/c1-3-6-21(16-28(29)30)20-10-12-22(13-11-20)32-17-19-9-14-27-24(15-19)25(18-33-27)23-7-4-5-8-26(23)31-2;/h4-5,7-15,18,21H,16-17H2,1-2H3,(H,29,30);1H2/t21-;/m0./s1. The number of rotatable bonds is 8. The van der Waals surface area contributed by atoms with Crippen molar-refractivity contribution in [3.8, 4) is 34.5 Å². The number of para-hydroxylation sites is 1. The molecule has 6 heteroatoms. The van der Waals surface area contributed by atoms with Crippen LogP contribution in [-0.2, 0) is 11.4 Å². The van der Waals surface area contributed by atoms with Crippen LogP contribution in [0.4, 0.5) is 0 Å². The summed E-state index contributed by atoms with van der Waals surface area (Å²) in [4.78, 5) is 11.1. The van der Waals surface area contributed by atoms with Gasteiger partial charge in [0.05, 0.1) is 19.4 Å². The first-order valence-electron chi connectivity index (χ1n) is 10.6. The molecule has 4 nitrogen and oxygen atoms in total. The van der Waals surface area contributed by atoms with Gasteiger partial charge in [0.1, 0.15) is 18.1 Å². The van der Waals surface area contributed by atoms with Crippen molar-refractivity contribution in [1.29, 1.82) is 0 Å². The van der Waals surface area contributed by atoms with Crippen LogP contribution >= 0.6 is 24.8 Å². The lowest BCUT2D eigenvalue weighted by atomic mass is 9.96. The Hall–Kier alpha value is -3.40. The predicted molar refractivity (Wildman–Crippen MR) is 143 cm³/mol. The number of carbonyl (C=O) groups is 1. The summed E-state index contributed by atoms with van der Waals surface area (Å²) in [5.41, 5.74) is 4.17. The summed E-state index contributed by atoms with van der Waals surface area (Å²) in [6, 6.07) is 21.9. The van der Waals surface area contributed by atoms with E-state index in [1.54, 1.807) is 25.4 Å². The molecule has 1 atom stereocenters. The molecule has 0 aliphatic carbocycles. The largest absolute Gasteiger partial charge is 0.496 e. The number of aliphatic carboxylic acids is 1. The Kier molecular flexibility index (Phi) is 8.64. The zero-order chi connectivity index (χ0) is 23.2. The van der Waals surface area contributed by atoms with Crippen LogP contribution in [0.3, 0.4) is 0 Å². The smallest absolute Gasteiger partial charge is 0.304 e. The Bertz CT molecular complexity index is 1330. The number of hydrogen-bond acceptors (Lipinski definition) is 4. The summed E-state index contributed by atoms with van der Waals surface area (Å²) in [5.74, 6) is 6.19. The minimum absolute atomic E-state index is 0. The molecule has 0 saturated heterocycles. The van der Waals surface area contributed by atoms with Crippen molar-refractivity contribution in [3.05, 3.63) is 83.2 Å². The summed E-state index contributed by atoms with van der Waals surface area (Å²) in [6.07, 6.45) is -0.0176. The molecular formula is C28H26O4S2. The van der Waals surface area contributed by atoms with Crippen LogP contribution in [0.1, 0.15) is 30.4 Å². The third kappa shape index (κ3) is 5.74. The van der Waals surface area contributed by atoms with Gasteiger partial charge in [-0.3, -0.25) is 4.79 Å². The highest BCUT2D eigenvalue weighted by Crippen LogP contribution is 2.39. The summed E-state index contributed by atoms with van der Waals surface area (Å²) in [6.45, 7) is 2.15. The Morgan fingerprint density at radius 1 is 1.06 bits per heavy atom. The number of fused-ring (bicyclic) bond motifs is 1. The van der Waals surface area contributed by atoms with E-state index < -0.39 is 5.97 Å². The van der Waals surface area contributed by atoms with Crippen LogP contribution in [0.25, 0.3) is 21.2 Å². The van der Waals surface area contributed by atoms with E-state index in [2.05, 4.69) is 41.5 Å². The minimum atomic E-state index is -0.862. The maximum Gasteiger partial charge on any atom is 0.304 e. The van der Waals surface area contributed by atoms with Crippen LogP contribution < -0.4 is 9.47 Å². The van der Waals surface area contributed by atoms with Gasteiger partial charge < -0.3 is 14.6 Å². The molecule has 0 spiro atoms. The molecule has 1 N–H and O–H groups in total. The Morgan fingerprint density at radius 2 is 1.82 bits per heavy atom. The molecule has 174 valence electrons. The van der Waals surface area contributed by atoms with Crippen LogP contribution in [0, 0.1) is 11.8 Å². The van der Waals surface area contributed by atoms with E-state index in [9.17, 15) is 4.79 Å². The van der Waals surface area contributed by atoms with E-state index in [4.69, 9.17) is 14.6 Å². The van der Waals surface area contributed by atoms with Gasteiger partial charge in [-0.05, 0) is 53.8 Å². The van der Waals surface area contributed by atoms with E-state index in [1.165, 1.54) is 10.1 Å². The summed E-state index contributed by atoms with van der Waals surface area (Å²) >= 11 is 1.71. The minimum Gasteiger partial charge on any atom is -0.496 e. The topological polar surface area (TPSA) is 55.8 Å². The normalized spacial score (nSPS) is 11.1. The quantitative estimate of drug-likeness (QED) is 0.274. The Labute approximate surface area is 210 Å². The molecule has 4 rings (SSSR count). The number of thiophene rings is 1. The van der Waals surface area contributed by atoms with Gasteiger partial charge in [0.25, 0.3) is 0 Å². The van der Waals surface area contributed by atoms with E-state index in [0.717, 1.165) is 33.8 Å². The fourth-order valence-electron chi connectivity index (χ4n) is 3.81. The van der Waals surface area contributed by atoms with Crippen LogP contribution in [0.2, 0.25) is 0 Å². The SMILES string of the molecule is CC#C[C@@H](CC(=O)O)c1ccc(OCc2ccc3scc(-c4ccccc4OC)c3c2)cc1.S. The molecule has 0 radical (unpaired) electrons. The van der Waals surface area contributed by atoms with Gasteiger partial charge in [0.15, 0.2) is 0 Å². The fraction of sp³-hybridized carbons (Fsp3) is 0.179. The van der Waals surface area contributed by atoms with Crippen molar-refractivity contribution in [1.82, 2.24) is 0 Å². The average molecular weight is 491 g/mol. The van der Waals surface area contributed by atoms with Gasteiger partial charge in [0.2, 0.25) is 0 Å². The second-order valence-corrected chi connectivity index (χ2v) is 8.49. The molecule has 34 heavy (non-hydrogen) atoms. The number of carboxylic acid groups (broad SMARTS) is 1. The maximum atomic E-state index is 11.1. The van der Waals surface area contributed by atoms with E-state index >= 15 is 0 Å². The molecule has 0 aliphatic rings. The first kappa shape index (κ1) is 25.2. The fourth-order valence-corrected chi connectivity index (χ4v) is 4.75. The van der Waals surface area contributed by atoms with Crippen molar-refractivity contribution in [3.63, 3.8) is 0 Å². The summed E-state index contributed by atoms with van der Waals surface area (Å²) < 4.78 is 12.8. The molecule has 3 aromatic carbocycles. The molecule has 0 aliphatic heterocycles. The number of benzene rings is 3. The Morgan fingerprint density at radius 3 is 2.53 bits per heavy atom. The number of carboxylic acids is 1. The molecular weight excluding hydrogens is 464 g/mol. The van der Waals surface area contributed by atoms with Crippen LogP contribution in [0.5, 0.6) is 11.5 Å². The third-order valence-corrected chi connectivity index (χ3v) is 6.38. The van der Waals surface area contributed by atoms with Gasteiger partial charge in [-0.25, -0.2) is 0 Å². The first-order chi connectivity index (χ1) is 16.1. The predicted octanol–water partition coefficient (Wildman–Crippen LogP) is 6.85. The van der Waals surface area contributed by atoms with Crippen molar-refractivity contribution >= 4 is 40.9 Å². The van der Waals surface area contributed by atoms with Gasteiger partial charge in [-0.2, -0.15) is 13.5 Å².